The van der Waals surface area contributed by atoms with Crippen LogP contribution in [0.5, 0.6) is 0 Å². The van der Waals surface area contributed by atoms with Crippen molar-refractivity contribution in [3.63, 3.8) is 0 Å². The van der Waals surface area contributed by atoms with Gasteiger partial charge in [-0.05, 0) is 50.8 Å². The van der Waals surface area contributed by atoms with Crippen molar-refractivity contribution in [2.24, 2.45) is 11.3 Å². The average molecular weight is 286 g/mol. The highest BCUT2D eigenvalue weighted by Crippen LogP contribution is 2.45. The van der Waals surface area contributed by atoms with Gasteiger partial charge in [0.15, 0.2) is 0 Å². The molecule has 1 saturated carbocycles. The van der Waals surface area contributed by atoms with Crippen molar-refractivity contribution in [2.45, 2.75) is 32.1 Å². The van der Waals surface area contributed by atoms with E-state index in [9.17, 15) is 4.79 Å². The standard InChI is InChI=1S/C18H26N2O/c1-19-13-16-8-11-20(14-16)17(21)18(9-5-10-18)12-15-6-3-2-4-7-15/h2-4,6-7,16,19H,5,8-14H2,1H3. The van der Waals surface area contributed by atoms with Crippen LogP contribution in [0.25, 0.3) is 0 Å². The second kappa shape index (κ2) is 6.18. The summed E-state index contributed by atoms with van der Waals surface area (Å²) in [5.74, 6) is 1.05. The molecule has 1 aliphatic carbocycles. The Labute approximate surface area is 127 Å². The molecule has 114 valence electrons. The molecule has 3 heteroatoms. The number of likely N-dealkylation sites (tertiary alicyclic amines) is 1. The highest BCUT2D eigenvalue weighted by atomic mass is 16.2. The van der Waals surface area contributed by atoms with E-state index in [1.807, 2.05) is 13.1 Å². The van der Waals surface area contributed by atoms with E-state index in [-0.39, 0.29) is 5.41 Å². The molecule has 1 aromatic rings. The van der Waals surface area contributed by atoms with Crippen molar-refractivity contribution < 1.29 is 4.79 Å². The third kappa shape index (κ3) is 2.98. The fourth-order valence-corrected chi connectivity index (χ4v) is 3.86. The molecular weight excluding hydrogens is 260 g/mol. The molecule has 1 saturated heterocycles. The monoisotopic (exact) mass is 286 g/mol. The minimum atomic E-state index is -0.101. The summed E-state index contributed by atoms with van der Waals surface area (Å²) in [6.45, 7) is 2.91. The van der Waals surface area contributed by atoms with Crippen molar-refractivity contribution in [1.29, 1.82) is 0 Å². The second-order valence-electron chi connectivity index (χ2n) is 6.76. The maximum Gasteiger partial charge on any atom is 0.229 e. The minimum absolute atomic E-state index is 0.101. The fraction of sp³-hybridized carbons (Fsp3) is 0.611. The van der Waals surface area contributed by atoms with Gasteiger partial charge in [0.1, 0.15) is 0 Å². The summed E-state index contributed by atoms with van der Waals surface area (Å²) in [7, 11) is 1.99. The van der Waals surface area contributed by atoms with Gasteiger partial charge in [-0.15, -0.1) is 0 Å². The zero-order valence-corrected chi connectivity index (χ0v) is 13.0. The highest BCUT2D eigenvalue weighted by molar-refractivity contribution is 5.84. The molecule has 0 spiro atoms. The molecule has 3 rings (SSSR count). The van der Waals surface area contributed by atoms with E-state index in [0.29, 0.717) is 11.8 Å². The maximum absolute atomic E-state index is 13.0. The van der Waals surface area contributed by atoms with Crippen molar-refractivity contribution >= 4 is 5.91 Å². The smallest absolute Gasteiger partial charge is 0.229 e. The Morgan fingerprint density at radius 3 is 2.71 bits per heavy atom. The first-order valence-corrected chi connectivity index (χ1v) is 8.21. The summed E-state index contributed by atoms with van der Waals surface area (Å²) in [6, 6.07) is 10.5. The third-order valence-electron chi connectivity index (χ3n) is 5.22. The Balaban J connectivity index is 1.67. The van der Waals surface area contributed by atoms with E-state index in [0.717, 1.165) is 45.3 Å². The van der Waals surface area contributed by atoms with Gasteiger partial charge in [0.25, 0.3) is 0 Å². The van der Waals surface area contributed by atoms with Crippen LogP contribution in [0.1, 0.15) is 31.2 Å². The van der Waals surface area contributed by atoms with Crippen LogP contribution in [0.3, 0.4) is 0 Å². The van der Waals surface area contributed by atoms with Crippen molar-refractivity contribution in [3.05, 3.63) is 35.9 Å². The van der Waals surface area contributed by atoms with E-state index in [2.05, 4.69) is 34.5 Å². The van der Waals surface area contributed by atoms with Gasteiger partial charge in [0, 0.05) is 13.1 Å². The molecule has 1 heterocycles. The van der Waals surface area contributed by atoms with Crippen molar-refractivity contribution in [1.82, 2.24) is 10.2 Å². The number of hydrogen-bond acceptors (Lipinski definition) is 2. The molecule has 21 heavy (non-hydrogen) atoms. The average Bonchev–Trinajstić information content (AvgIpc) is 2.92. The number of hydrogen-bond donors (Lipinski definition) is 1. The summed E-state index contributed by atoms with van der Waals surface area (Å²) in [4.78, 5) is 15.1. The lowest BCUT2D eigenvalue weighted by atomic mass is 9.64. The lowest BCUT2D eigenvalue weighted by Gasteiger charge is -2.43. The van der Waals surface area contributed by atoms with Gasteiger partial charge in [-0.2, -0.15) is 0 Å². The first kappa shape index (κ1) is 14.6. The number of carbonyl (C=O) groups is 1. The molecule has 1 N–H and O–H groups in total. The molecule has 2 fully saturated rings. The second-order valence-corrected chi connectivity index (χ2v) is 6.76. The molecule has 2 aliphatic rings. The minimum Gasteiger partial charge on any atom is -0.342 e. The Hall–Kier alpha value is -1.35. The van der Waals surface area contributed by atoms with Gasteiger partial charge in [-0.1, -0.05) is 36.8 Å². The van der Waals surface area contributed by atoms with Crippen LogP contribution in [-0.4, -0.2) is 37.5 Å². The predicted octanol–water partition coefficient (Wildman–Crippen LogP) is 2.47. The summed E-state index contributed by atoms with van der Waals surface area (Å²) in [6.07, 6.45) is 5.39. The molecule has 1 aromatic carbocycles. The van der Waals surface area contributed by atoms with Gasteiger partial charge in [-0.3, -0.25) is 4.79 Å². The molecule has 0 aromatic heterocycles. The topological polar surface area (TPSA) is 32.3 Å². The van der Waals surface area contributed by atoms with E-state index < -0.39 is 0 Å². The normalized spacial score (nSPS) is 23.9. The zero-order valence-electron chi connectivity index (χ0n) is 13.0. The van der Waals surface area contributed by atoms with Crippen LogP contribution in [0.15, 0.2) is 30.3 Å². The Morgan fingerprint density at radius 2 is 2.10 bits per heavy atom. The molecule has 3 nitrogen and oxygen atoms in total. The Bertz CT molecular complexity index is 481. The van der Waals surface area contributed by atoms with Crippen LogP contribution in [0.4, 0.5) is 0 Å². The number of benzene rings is 1. The molecule has 1 aliphatic heterocycles. The summed E-state index contributed by atoms with van der Waals surface area (Å²) in [5.41, 5.74) is 1.20. The molecule has 1 amide bonds. The SMILES string of the molecule is CNCC1CCN(C(=O)C2(Cc3ccccc3)CCC2)C1. The fourth-order valence-electron chi connectivity index (χ4n) is 3.86. The van der Waals surface area contributed by atoms with E-state index in [1.165, 1.54) is 12.0 Å². The number of rotatable bonds is 5. The number of nitrogens with zero attached hydrogens (tertiary/aromatic N) is 1. The quantitative estimate of drug-likeness (QED) is 0.902. The molecular formula is C18H26N2O. The molecule has 1 unspecified atom stereocenters. The highest BCUT2D eigenvalue weighted by Gasteiger charge is 2.47. The summed E-state index contributed by atoms with van der Waals surface area (Å²) >= 11 is 0. The molecule has 0 bridgehead atoms. The third-order valence-corrected chi connectivity index (χ3v) is 5.22. The summed E-state index contributed by atoms with van der Waals surface area (Å²) in [5, 5.41) is 3.24. The van der Waals surface area contributed by atoms with Crippen LogP contribution in [0.2, 0.25) is 0 Å². The van der Waals surface area contributed by atoms with Crippen LogP contribution >= 0.6 is 0 Å². The zero-order chi connectivity index (χ0) is 14.7. The van der Waals surface area contributed by atoms with Crippen LogP contribution in [-0.2, 0) is 11.2 Å². The van der Waals surface area contributed by atoms with E-state index >= 15 is 0 Å². The largest absolute Gasteiger partial charge is 0.342 e. The lowest BCUT2D eigenvalue weighted by Crippen LogP contribution is -2.48. The Kier molecular flexibility index (Phi) is 4.29. The number of amides is 1. The molecule has 1 atom stereocenters. The van der Waals surface area contributed by atoms with Crippen molar-refractivity contribution in [3.8, 4) is 0 Å². The first-order chi connectivity index (χ1) is 10.2. The van der Waals surface area contributed by atoms with Crippen LogP contribution in [0, 0.1) is 11.3 Å². The van der Waals surface area contributed by atoms with Gasteiger partial charge in [0.05, 0.1) is 5.41 Å². The summed E-state index contributed by atoms with van der Waals surface area (Å²) < 4.78 is 0. The van der Waals surface area contributed by atoms with E-state index in [1.54, 1.807) is 0 Å². The Morgan fingerprint density at radius 1 is 1.33 bits per heavy atom. The van der Waals surface area contributed by atoms with E-state index in [4.69, 9.17) is 0 Å². The van der Waals surface area contributed by atoms with Gasteiger partial charge in [0.2, 0.25) is 5.91 Å². The van der Waals surface area contributed by atoms with Gasteiger partial charge in [-0.25, -0.2) is 0 Å². The first-order valence-electron chi connectivity index (χ1n) is 8.21. The maximum atomic E-state index is 13.0. The van der Waals surface area contributed by atoms with Crippen LogP contribution < -0.4 is 5.32 Å². The van der Waals surface area contributed by atoms with Crippen molar-refractivity contribution in [2.75, 3.05) is 26.7 Å². The lowest BCUT2D eigenvalue weighted by molar-refractivity contribution is -0.146. The molecule has 0 radical (unpaired) electrons. The predicted molar refractivity (Wildman–Crippen MR) is 85.0 cm³/mol. The van der Waals surface area contributed by atoms with Gasteiger partial charge >= 0.3 is 0 Å². The van der Waals surface area contributed by atoms with Gasteiger partial charge < -0.3 is 10.2 Å². The number of nitrogens with one attached hydrogen (secondary N) is 1. The number of carbonyl (C=O) groups excluding carboxylic acids is 1.